The topological polar surface area (TPSA) is 70.0 Å². The molecule has 0 saturated carbocycles. The van der Waals surface area contributed by atoms with Crippen molar-refractivity contribution in [3.8, 4) is 17.2 Å². The zero-order valence-corrected chi connectivity index (χ0v) is 21.1. The van der Waals surface area contributed by atoms with Crippen molar-refractivity contribution >= 4 is 51.5 Å². The van der Waals surface area contributed by atoms with Crippen LogP contribution in [-0.2, 0) is 17.9 Å². The summed E-state index contributed by atoms with van der Waals surface area (Å²) in [6.07, 6.45) is 3.78. The molecule has 0 N–H and O–H groups in total. The number of imide groups is 1. The lowest BCUT2D eigenvalue weighted by Crippen LogP contribution is -2.27. The normalized spacial score (nSPS) is 15.8. The van der Waals surface area contributed by atoms with Crippen molar-refractivity contribution in [2.45, 2.75) is 13.1 Å². The highest BCUT2D eigenvalue weighted by atomic mass is 35.5. The number of hydrogen-bond donors (Lipinski definition) is 0. The average molecular weight is 533 g/mol. The number of fused-ring (bicyclic) bond motifs is 2. The average Bonchev–Trinajstić information content (AvgIpc) is 3.58. The third kappa shape index (κ3) is 4.77. The van der Waals surface area contributed by atoms with Crippen LogP contribution in [0.15, 0.2) is 77.8 Å². The molecular formula is C28H21ClN2O5S. The summed E-state index contributed by atoms with van der Waals surface area (Å²) >= 11 is 6.91. The van der Waals surface area contributed by atoms with Crippen molar-refractivity contribution in [2.24, 2.45) is 0 Å². The van der Waals surface area contributed by atoms with Crippen molar-refractivity contribution in [3.05, 3.63) is 94.0 Å². The predicted molar refractivity (Wildman–Crippen MR) is 143 cm³/mol. The number of aromatic nitrogens is 1. The number of hydrogen-bond acceptors (Lipinski definition) is 6. The molecule has 4 aromatic rings. The summed E-state index contributed by atoms with van der Waals surface area (Å²) in [4.78, 5) is 27.4. The molecule has 7 nitrogen and oxygen atoms in total. The molecule has 0 bridgehead atoms. The summed E-state index contributed by atoms with van der Waals surface area (Å²) in [5, 5.41) is 1.32. The van der Waals surface area contributed by atoms with Crippen LogP contribution in [0, 0.1) is 0 Å². The highest BCUT2D eigenvalue weighted by molar-refractivity contribution is 8.18. The fourth-order valence-corrected chi connectivity index (χ4v) is 5.31. The molecule has 37 heavy (non-hydrogen) atoms. The van der Waals surface area contributed by atoms with E-state index in [0.29, 0.717) is 40.3 Å². The van der Waals surface area contributed by atoms with E-state index >= 15 is 0 Å². The third-order valence-corrected chi connectivity index (χ3v) is 7.34. The fraction of sp³-hybridized carbons (Fsp3) is 0.143. The summed E-state index contributed by atoms with van der Waals surface area (Å²) in [6.45, 7) is 1.46. The Morgan fingerprint density at radius 3 is 2.68 bits per heavy atom. The molecule has 2 amide bonds. The summed E-state index contributed by atoms with van der Waals surface area (Å²) in [7, 11) is 0. The van der Waals surface area contributed by atoms with Crippen molar-refractivity contribution < 1.29 is 23.8 Å². The number of benzene rings is 3. The highest BCUT2D eigenvalue weighted by Crippen LogP contribution is 2.36. The van der Waals surface area contributed by atoms with Gasteiger partial charge in [-0.25, -0.2) is 0 Å². The van der Waals surface area contributed by atoms with Gasteiger partial charge in [-0.15, -0.1) is 0 Å². The lowest BCUT2D eigenvalue weighted by molar-refractivity contribution is -0.123. The van der Waals surface area contributed by atoms with Gasteiger partial charge in [0.15, 0.2) is 11.5 Å². The molecule has 0 spiro atoms. The maximum atomic E-state index is 13.1. The smallest absolute Gasteiger partial charge is 0.293 e. The molecule has 2 aliphatic heterocycles. The summed E-state index contributed by atoms with van der Waals surface area (Å²) in [5.41, 5.74) is 2.73. The van der Waals surface area contributed by atoms with E-state index in [1.165, 1.54) is 4.90 Å². The van der Waals surface area contributed by atoms with E-state index in [4.69, 9.17) is 25.8 Å². The van der Waals surface area contributed by atoms with Crippen molar-refractivity contribution in [2.75, 3.05) is 13.4 Å². The molecule has 9 heteroatoms. The van der Waals surface area contributed by atoms with E-state index in [1.54, 1.807) is 18.2 Å². The van der Waals surface area contributed by atoms with Crippen LogP contribution in [0.5, 0.6) is 17.2 Å². The number of amides is 2. The first-order valence-corrected chi connectivity index (χ1v) is 12.8. The first-order valence-electron chi connectivity index (χ1n) is 11.7. The second kappa shape index (κ2) is 9.88. The Morgan fingerprint density at radius 2 is 1.81 bits per heavy atom. The molecule has 0 radical (unpaired) electrons. The molecule has 3 aromatic carbocycles. The molecule has 2 aliphatic rings. The first kappa shape index (κ1) is 23.5. The number of thioether (sulfide) groups is 1. The fourth-order valence-electron chi connectivity index (χ4n) is 4.35. The van der Waals surface area contributed by atoms with Crippen molar-refractivity contribution in [1.82, 2.24) is 9.47 Å². The minimum atomic E-state index is -0.298. The Hall–Kier alpha value is -3.88. The van der Waals surface area contributed by atoms with Crippen LogP contribution >= 0.6 is 23.4 Å². The second-order valence-electron chi connectivity index (χ2n) is 8.55. The Balaban J connectivity index is 1.20. The number of nitrogens with zero attached hydrogens (tertiary/aromatic N) is 2. The Morgan fingerprint density at radius 1 is 1.00 bits per heavy atom. The molecule has 186 valence electrons. The quantitative estimate of drug-likeness (QED) is 0.259. The van der Waals surface area contributed by atoms with Gasteiger partial charge in [0.05, 0.1) is 18.0 Å². The van der Waals surface area contributed by atoms with Crippen LogP contribution in [0.3, 0.4) is 0 Å². The maximum absolute atomic E-state index is 13.1. The van der Waals surface area contributed by atoms with Gasteiger partial charge in [0, 0.05) is 33.8 Å². The molecule has 3 heterocycles. The van der Waals surface area contributed by atoms with Crippen LogP contribution in [0.1, 0.15) is 11.1 Å². The molecule has 0 atom stereocenters. The van der Waals surface area contributed by atoms with Crippen LogP contribution in [0.25, 0.3) is 17.0 Å². The van der Waals surface area contributed by atoms with Gasteiger partial charge in [-0.3, -0.25) is 14.5 Å². The predicted octanol–water partition coefficient (Wildman–Crippen LogP) is 6.34. The van der Waals surface area contributed by atoms with Crippen molar-refractivity contribution in [3.63, 3.8) is 0 Å². The van der Waals surface area contributed by atoms with E-state index in [1.807, 2.05) is 60.8 Å². The number of ether oxygens (including phenoxy) is 3. The molecule has 0 unspecified atom stereocenters. The number of halogens is 1. The molecule has 0 aliphatic carbocycles. The van der Waals surface area contributed by atoms with E-state index in [0.717, 1.165) is 33.8 Å². The van der Waals surface area contributed by atoms with Gasteiger partial charge in [-0.2, -0.15) is 0 Å². The minimum Gasteiger partial charge on any atom is -0.492 e. The van der Waals surface area contributed by atoms with E-state index in [9.17, 15) is 9.59 Å². The van der Waals surface area contributed by atoms with Gasteiger partial charge in [0.1, 0.15) is 12.4 Å². The first-order chi connectivity index (χ1) is 18.0. The largest absolute Gasteiger partial charge is 0.492 e. The van der Waals surface area contributed by atoms with Gasteiger partial charge in [0.25, 0.3) is 11.1 Å². The van der Waals surface area contributed by atoms with E-state index in [-0.39, 0.29) is 24.5 Å². The van der Waals surface area contributed by atoms with Crippen LogP contribution in [0.4, 0.5) is 4.79 Å². The molecule has 1 saturated heterocycles. The van der Waals surface area contributed by atoms with Gasteiger partial charge in [0.2, 0.25) is 6.79 Å². The van der Waals surface area contributed by atoms with Gasteiger partial charge in [-0.1, -0.05) is 41.9 Å². The second-order valence-corrected chi connectivity index (χ2v) is 9.98. The SMILES string of the molecule is O=C1S/C(=C\c2cn(CCOc3ccc4c(c3)OCO4)c3ccccc23)C(=O)N1Cc1ccc(Cl)cc1. The number of rotatable bonds is 7. The van der Waals surface area contributed by atoms with E-state index in [2.05, 4.69) is 4.57 Å². The highest BCUT2D eigenvalue weighted by Gasteiger charge is 2.35. The number of para-hydroxylation sites is 1. The summed E-state index contributed by atoms with van der Waals surface area (Å²) < 4.78 is 18.8. The lowest BCUT2D eigenvalue weighted by atomic mass is 10.1. The maximum Gasteiger partial charge on any atom is 0.293 e. The van der Waals surface area contributed by atoms with E-state index < -0.39 is 0 Å². The van der Waals surface area contributed by atoms with Crippen molar-refractivity contribution in [1.29, 1.82) is 0 Å². The molecule has 1 aromatic heterocycles. The third-order valence-electron chi connectivity index (χ3n) is 6.18. The van der Waals surface area contributed by atoms with Gasteiger partial charge < -0.3 is 18.8 Å². The van der Waals surface area contributed by atoms with Crippen LogP contribution < -0.4 is 14.2 Å². The zero-order chi connectivity index (χ0) is 25.4. The summed E-state index contributed by atoms with van der Waals surface area (Å²) in [5.74, 6) is 1.80. The Labute approximate surface area is 222 Å². The molecule has 6 rings (SSSR count). The molecule has 1 fully saturated rings. The molecular weight excluding hydrogens is 512 g/mol. The Kier molecular flexibility index (Phi) is 6.28. The van der Waals surface area contributed by atoms with Crippen LogP contribution in [0.2, 0.25) is 5.02 Å². The number of carbonyl (C=O) groups excluding carboxylic acids is 2. The standard InChI is InChI=1S/C28H21ClN2O5S/c29-20-7-5-18(6-8-20)15-31-27(32)26(37-28(31)33)13-19-16-30(23-4-2-1-3-22(19)23)11-12-34-21-9-10-24-25(14-21)36-17-35-24/h1-10,13-14,16H,11-12,15,17H2/b26-13-. The lowest BCUT2D eigenvalue weighted by Gasteiger charge is -2.12. The van der Waals surface area contributed by atoms with Gasteiger partial charge >= 0.3 is 0 Å². The summed E-state index contributed by atoms with van der Waals surface area (Å²) in [6, 6.07) is 20.6. The monoisotopic (exact) mass is 532 g/mol. The minimum absolute atomic E-state index is 0.206. The van der Waals surface area contributed by atoms with Gasteiger partial charge in [-0.05, 0) is 53.7 Å². The Bertz CT molecular complexity index is 1550. The zero-order valence-electron chi connectivity index (χ0n) is 19.6. The number of carbonyl (C=O) groups is 2. The van der Waals surface area contributed by atoms with Crippen LogP contribution in [-0.4, -0.2) is 34.0 Å².